The molecule has 0 fully saturated rings. The molecule has 0 bridgehead atoms. The van der Waals surface area contributed by atoms with Gasteiger partial charge in [-0.2, -0.15) is 0 Å². The molecule has 0 unspecified atom stereocenters. The molecular weight excluding hydrogens is 342 g/mol. The molecule has 0 saturated carbocycles. The molecule has 0 saturated heterocycles. The Hall–Kier alpha value is -2.80. The van der Waals surface area contributed by atoms with E-state index in [2.05, 4.69) is 0 Å². The molecule has 1 aromatic heterocycles. The molecule has 0 radical (unpaired) electrons. The number of nitrogens with zero attached hydrogens (tertiary/aromatic N) is 1. The van der Waals surface area contributed by atoms with Crippen molar-refractivity contribution in [3.05, 3.63) is 56.8 Å². The second-order valence-electron chi connectivity index (χ2n) is 5.65. The van der Waals surface area contributed by atoms with Crippen molar-refractivity contribution in [1.82, 2.24) is 4.90 Å². The quantitative estimate of drug-likeness (QED) is 0.466. The SMILES string of the molecule is Cc1cc(C(=O)COC(=O)CN2C(=O)c3ccccc3C2=O)c(C)s1. The van der Waals surface area contributed by atoms with Crippen LogP contribution in [0, 0.1) is 13.8 Å². The number of Topliss-reactive ketones (excluding diaryl/α,β-unsaturated/α-hetero) is 1. The summed E-state index contributed by atoms with van der Waals surface area (Å²) in [4.78, 5) is 51.1. The highest BCUT2D eigenvalue weighted by Gasteiger charge is 2.36. The smallest absolute Gasteiger partial charge is 0.326 e. The van der Waals surface area contributed by atoms with Gasteiger partial charge in [0.15, 0.2) is 6.61 Å². The summed E-state index contributed by atoms with van der Waals surface area (Å²) >= 11 is 1.49. The predicted octanol–water partition coefficient (Wildman–Crippen LogP) is 2.39. The largest absolute Gasteiger partial charge is 0.456 e. The monoisotopic (exact) mass is 357 g/mol. The lowest BCUT2D eigenvalue weighted by molar-refractivity contribution is -0.142. The third-order valence-corrected chi connectivity index (χ3v) is 4.84. The molecule has 2 amide bonds. The second-order valence-corrected chi connectivity index (χ2v) is 7.11. The number of imide groups is 1. The van der Waals surface area contributed by atoms with Crippen LogP contribution in [0.3, 0.4) is 0 Å². The number of thiophene rings is 1. The molecular formula is C18H15NO5S. The van der Waals surface area contributed by atoms with Crippen molar-refractivity contribution < 1.29 is 23.9 Å². The van der Waals surface area contributed by atoms with E-state index in [0.717, 1.165) is 14.7 Å². The normalized spacial score (nSPS) is 13.1. The summed E-state index contributed by atoms with van der Waals surface area (Å²) in [6.07, 6.45) is 0. The Morgan fingerprint density at radius 1 is 1.08 bits per heavy atom. The van der Waals surface area contributed by atoms with Crippen molar-refractivity contribution in [2.45, 2.75) is 13.8 Å². The van der Waals surface area contributed by atoms with Gasteiger partial charge in [0.05, 0.1) is 11.1 Å². The minimum absolute atomic E-state index is 0.265. The van der Waals surface area contributed by atoms with E-state index in [9.17, 15) is 19.2 Å². The standard InChI is InChI=1S/C18H15NO5S/c1-10-7-14(11(2)25-10)15(20)9-24-16(21)8-19-17(22)12-5-3-4-6-13(12)18(19)23/h3-7H,8-9H2,1-2H3. The minimum atomic E-state index is -0.799. The lowest BCUT2D eigenvalue weighted by Gasteiger charge is -2.12. The van der Waals surface area contributed by atoms with Crippen LogP contribution in [0.2, 0.25) is 0 Å². The number of hydrogen-bond acceptors (Lipinski definition) is 6. The number of fused-ring (bicyclic) bond motifs is 1. The first-order valence-electron chi connectivity index (χ1n) is 7.59. The summed E-state index contributed by atoms with van der Waals surface area (Å²) in [5.74, 6) is -2.17. The van der Waals surface area contributed by atoms with Crippen LogP contribution < -0.4 is 0 Å². The van der Waals surface area contributed by atoms with Gasteiger partial charge in [0, 0.05) is 15.3 Å². The van der Waals surface area contributed by atoms with Crippen LogP contribution in [0.15, 0.2) is 30.3 Å². The van der Waals surface area contributed by atoms with Crippen LogP contribution in [0.5, 0.6) is 0 Å². The fraction of sp³-hybridized carbons (Fsp3) is 0.222. The summed E-state index contributed by atoms with van der Waals surface area (Å²) in [6, 6.07) is 8.11. The van der Waals surface area contributed by atoms with Gasteiger partial charge in [-0.15, -0.1) is 11.3 Å². The van der Waals surface area contributed by atoms with Gasteiger partial charge < -0.3 is 4.74 Å². The van der Waals surface area contributed by atoms with Crippen LogP contribution in [0.1, 0.15) is 40.8 Å². The number of ketones is 1. The van der Waals surface area contributed by atoms with Crippen molar-refractivity contribution >= 4 is 34.9 Å². The first kappa shape index (κ1) is 17.0. The van der Waals surface area contributed by atoms with Gasteiger partial charge in [-0.1, -0.05) is 12.1 Å². The number of aryl methyl sites for hydroxylation is 2. The Balaban J connectivity index is 1.60. The Morgan fingerprint density at radius 3 is 2.20 bits per heavy atom. The highest BCUT2D eigenvalue weighted by atomic mass is 32.1. The number of ether oxygens (including phenoxy) is 1. The lowest BCUT2D eigenvalue weighted by Crippen LogP contribution is -2.36. The Labute approximate surface area is 148 Å². The number of rotatable bonds is 5. The number of carbonyl (C=O) groups excluding carboxylic acids is 4. The van der Waals surface area contributed by atoms with E-state index < -0.39 is 30.9 Å². The summed E-state index contributed by atoms with van der Waals surface area (Å²) in [6.45, 7) is 2.79. The number of benzene rings is 1. The maximum absolute atomic E-state index is 12.2. The molecule has 128 valence electrons. The Bertz CT molecular complexity index is 864. The first-order chi connectivity index (χ1) is 11.9. The molecule has 0 N–H and O–H groups in total. The fourth-order valence-corrected chi connectivity index (χ4v) is 3.63. The molecule has 2 heterocycles. The second kappa shape index (κ2) is 6.60. The van der Waals surface area contributed by atoms with Gasteiger partial charge >= 0.3 is 5.97 Å². The Morgan fingerprint density at radius 2 is 1.68 bits per heavy atom. The van der Waals surface area contributed by atoms with Crippen LogP contribution >= 0.6 is 11.3 Å². The molecule has 0 aliphatic carbocycles. The zero-order valence-electron chi connectivity index (χ0n) is 13.7. The van der Waals surface area contributed by atoms with Gasteiger partial charge in [-0.25, -0.2) is 0 Å². The van der Waals surface area contributed by atoms with Crippen LogP contribution in [-0.2, 0) is 9.53 Å². The zero-order valence-corrected chi connectivity index (χ0v) is 14.5. The number of hydrogen-bond donors (Lipinski definition) is 0. The summed E-state index contributed by atoms with van der Waals surface area (Å²) < 4.78 is 4.95. The maximum Gasteiger partial charge on any atom is 0.326 e. The number of carbonyl (C=O) groups is 4. The summed E-state index contributed by atoms with van der Waals surface area (Å²) in [7, 11) is 0. The number of amides is 2. The van der Waals surface area contributed by atoms with Gasteiger partial charge in [0.1, 0.15) is 6.54 Å². The average Bonchev–Trinajstić information content (AvgIpc) is 3.05. The molecule has 25 heavy (non-hydrogen) atoms. The van der Waals surface area contributed by atoms with E-state index in [-0.39, 0.29) is 16.9 Å². The highest BCUT2D eigenvalue weighted by molar-refractivity contribution is 7.12. The van der Waals surface area contributed by atoms with E-state index in [1.54, 1.807) is 18.2 Å². The van der Waals surface area contributed by atoms with Gasteiger partial charge in [-0.05, 0) is 32.0 Å². The summed E-state index contributed by atoms with van der Waals surface area (Å²) in [5.41, 5.74) is 1.05. The highest BCUT2D eigenvalue weighted by Crippen LogP contribution is 2.23. The molecule has 3 rings (SSSR count). The number of esters is 1. The third-order valence-electron chi connectivity index (χ3n) is 3.87. The lowest BCUT2D eigenvalue weighted by atomic mass is 10.1. The van der Waals surface area contributed by atoms with Crippen molar-refractivity contribution in [3.8, 4) is 0 Å². The zero-order chi connectivity index (χ0) is 18.1. The third kappa shape index (κ3) is 3.23. The molecule has 6 nitrogen and oxygen atoms in total. The average molecular weight is 357 g/mol. The van der Waals surface area contributed by atoms with Crippen molar-refractivity contribution in [2.24, 2.45) is 0 Å². The van der Waals surface area contributed by atoms with E-state index in [1.807, 2.05) is 13.8 Å². The summed E-state index contributed by atoms with van der Waals surface area (Å²) in [5, 5.41) is 0. The van der Waals surface area contributed by atoms with Gasteiger partial charge in [0.2, 0.25) is 5.78 Å². The molecule has 1 aliphatic rings. The predicted molar refractivity (Wildman–Crippen MR) is 90.9 cm³/mol. The van der Waals surface area contributed by atoms with E-state index in [4.69, 9.17) is 4.74 Å². The molecule has 1 aromatic carbocycles. The van der Waals surface area contributed by atoms with Crippen LogP contribution in [0.4, 0.5) is 0 Å². The van der Waals surface area contributed by atoms with Gasteiger partial charge in [0.25, 0.3) is 11.8 Å². The minimum Gasteiger partial charge on any atom is -0.456 e. The van der Waals surface area contributed by atoms with E-state index in [0.29, 0.717) is 5.56 Å². The van der Waals surface area contributed by atoms with Gasteiger partial charge in [-0.3, -0.25) is 24.1 Å². The molecule has 7 heteroatoms. The van der Waals surface area contributed by atoms with Crippen LogP contribution in [-0.4, -0.2) is 41.6 Å². The fourth-order valence-electron chi connectivity index (χ4n) is 2.69. The molecule has 0 atom stereocenters. The van der Waals surface area contributed by atoms with Crippen molar-refractivity contribution in [1.29, 1.82) is 0 Å². The first-order valence-corrected chi connectivity index (χ1v) is 8.41. The Kier molecular flexibility index (Phi) is 4.50. The molecule has 1 aliphatic heterocycles. The van der Waals surface area contributed by atoms with Crippen molar-refractivity contribution in [2.75, 3.05) is 13.2 Å². The van der Waals surface area contributed by atoms with E-state index >= 15 is 0 Å². The molecule has 2 aromatic rings. The molecule has 0 spiro atoms. The van der Waals surface area contributed by atoms with E-state index in [1.165, 1.54) is 23.5 Å². The topological polar surface area (TPSA) is 80.8 Å². The maximum atomic E-state index is 12.2. The van der Waals surface area contributed by atoms with Crippen molar-refractivity contribution in [3.63, 3.8) is 0 Å². The van der Waals surface area contributed by atoms with Crippen LogP contribution in [0.25, 0.3) is 0 Å².